The molecule has 0 saturated heterocycles. The van der Waals surface area contributed by atoms with E-state index in [0.29, 0.717) is 5.75 Å². The molecule has 0 bridgehead atoms. The zero-order valence-corrected chi connectivity index (χ0v) is 16.5. The van der Waals surface area contributed by atoms with E-state index in [-0.39, 0.29) is 5.91 Å². The molecule has 0 unspecified atom stereocenters. The zero-order chi connectivity index (χ0) is 18.4. The molecule has 140 valence electrons. The van der Waals surface area contributed by atoms with Gasteiger partial charge in [0.05, 0.1) is 5.75 Å². The van der Waals surface area contributed by atoms with Crippen LogP contribution in [0.3, 0.4) is 0 Å². The van der Waals surface area contributed by atoms with E-state index in [1.165, 1.54) is 49.4 Å². The van der Waals surface area contributed by atoms with Gasteiger partial charge in [0, 0.05) is 19.2 Å². The number of amides is 1. The Bertz CT molecular complexity index is 720. The fraction of sp³-hybridized carbons (Fsp3) is 0.550. The highest BCUT2D eigenvalue weighted by Crippen LogP contribution is 2.27. The fourth-order valence-corrected chi connectivity index (χ4v) is 4.18. The van der Waals surface area contributed by atoms with Gasteiger partial charge in [-0.25, -0.2) is 0 Å². The maximum absolute atomic E-state index is 12.2. The number of anilines is 1. The van der Waals surface area contributed by atoms with Crippen molar-refractivity contribution < 1.29 is 4.79 Å². The predicted octanol–water partition coefficient (Wildman–Crippen LogP) is 4.23. The molecule has 1 aliphatic rings. The standard InChI is InChI=1S/C20H28N4OS/c1-3-15-9-11-17(12-10-15)21-19(25)14-26-20-23-22-18(24(20)2)13-16-7-5-4-6-8-16/h9-12,16H,3-8,13-14H2,1-2H3,(H,21,25). The Balaban J connectivity index is 1.49. The lowest BCUT2D eigenvalue weighted by atomic mass is 9.87. The molecule has 1 heterocycles. The smallest absolute Gasteiger partial charge is 0.234 e. The minimum absolute atomic E-state index is 0.0175. The van der Waals surface area contributed by atoms with Gasteiger partial charge in [-0.05, 0) is 30.0 Å². The van der Waals surface area contributed by atoms with Crippen molar-refractivity contribution in [3.8, 4) is 0 Å². The second-order valence-corrected chi connectivity index (χ2v) is 8.00. The molecular weight excluding hydrogens is 344 g/mol. The maximum atomic E-state index is 12.2. The van der Waals surface area contributed by atoms with Crippen molar-refractivity contribution in [1.82, 2.24) is 14.8 Å². The van der Waals surface area contributed by atoms with E-state index in [0.717, 1.165) is 35.4 Å². The third kappa shape index (κ3) is 5.10. The molecule has 1 amide bonds. The van der Waals surface area contributed by atoms with Crippen LogP contribution in [-0.4, -0.2) is 26.4 Å². The highest BCUT2D eigenvalue weighted by Gasteiger charge is 2.18. The minimum Gasteiger partial charge on any atom is -0.325 e. The number of hydrogen-bond acceptors (Lipinski definition) is 4. The van der Waals surface area contributed by atoms with Crippen LogP contribution in [0.4, 0.5) is 5.69 Å². The molecule has 1 saturated carbocycles. The molecule has 5 nitrogen and oxygen atoms in total. The van der Waals surface area contributed by atoms with Crippen molar-refractivity contribution >= 4 is 23.4 Å². The Morgan fingerprint density at radius 2 is 1.92 bits per heavy atom. The molecule has 1 N–H and O–H groups in total. The topological polar surface area (TPSA) is 59.8 Å². The number of carbonyl (C=O) groups excluding carboxylic acids is 1. The molecule has 0 spiro atoms. The lowest BCUT2D eigenvalue weighted by Crippen LogP contribution is -2.15. The summed E-state index contributed by atoms with van der Waals surface area (Å²) in [5.74, 6) is 2.09. The first-order chi connectivity index (χ1) is 12.7. The van der Waals surface area contributed by atoms with Gasteiger partial charge in [-0.3, -0.25) is 4.79 Å². The number of thioether (sulfide) groups is 1. The number of nitrogens with one attached hydrogen (secondary N) is 1. The maximum Gasteiger partial charge on any atom is 0.234 e. The van der Waals surface area contributed by atoms with Gasteiger partial charge < -0.3 is 9.88 Å². The van der Waals surface area contributed by atoms with Crippen molar-refractivity contribution in [2.45, 2.75) is 57.0 Å². The van der Waals surface area contributed by atoms with Gasteiger partial charge in [-0.2, -0.15) is 0 Å². The summed E-state index contributed by atoms with van der Waals surface area (Å²) in [7, 11) is 2.00. The summed E-state index contributed by atoms with van der Waals surface area (Å²) >= 11 is 1.44. The molecule has 1 aliphatic carbocycles. The van der Waals surface area contributed by atoms with Crippen LogP contribution in [-0.2, 0) is 24.7 Å². The Kier molecular flexibility index (Phi) is 6.72. The Labute approximate surface area is 160 Å². The lowest BCUT2D eigenvalue weighted by molar-refractivity contribution is -0.113. The first-order valence-electron chi connectivity index (χ1n) is 9.55. The molecule has 26 heavy (non-hydrogen) atoms. The van der Waals surface area contributed by atoms with Gasteiger partial charge in [-0.15, -0.1) is 10.2 Å². The zero-order valence-electron chi connectivity index (χ0n) is 15.7. The Hall–Kier alpha value is -1.82. The van der Waals surface area contributed by atoms with Crippen LogP contribution in [0.1, 0.15) is 50.4 Å². The lowest BCUT2D eigenvalue weighted by Gasteiger charge is -2.20. The van der Waals surface area contributed by atoms with Crippen LogP contribution in [0, 0.1) is 5.92 Å². The van der Waals surface area contributed by atoms with E-state index >= 15 is 0 Å². The number of rotatable bonds is 7. The first-order valence-corrected chi connectivity index (χ1v) is 10.5. The largest absolute Gasteiger partial charge is 0.325 e. The molecular formula is C20H28N4OS. The van der Waals surface area contributed by atoms with E-state index in [4.69, 9.17) is 0 Å². The van der Waals surface area contributed by atoms with Crippen molar-refractivity contribution in [3.63, 3.8) is 0 Å². The first kappa shape index (κ1) is 19.0. The van der Waals surface area contributed by atoms with E-state index in [1.807, 2.05) is 35.9 Å². The Morgan fingerprint density at radius 3 is 2.62 bits per heavy atom. The van der Waals surface area contributed by atoms with Gasteiger partial charge in [0.2, 0.25) is 5.91 Å². The van der Waals surface area contributed by atoms with Crippen LogP contribution >= 0.6 is 11.8 Å². The normalized spacial score (nSPS) is 15.2. The van der Waals surface area contributed by atoms with E-state index < -0.39 is 0 Å². The minimum atomic E-state index is -0.0175. The van der Waals surface area contributed by atoms with Gasteiger partial charge in [0.15, 0.2) is 5.16 Å². The second-order valence-electron chi connectivity index (χ2n) is 7.05. The SMILES string of the molecule is CCc1ccc(NC(=O)CSc2nnc(CC3CCCCC3)n2C)cc1. The predicted molar refractivity (Wildman–Crippen MR) is 106 cm³/mol. The van der Waals surface area contributed by atoms with Crippen LogP contribution < -0.4 is 5.32 Å². The molecule has 0 atom stereocenters. The molecule has 0 aliphatic heterocycles. The number of hydrogen-bond donors (Lipinski definition) is 1. The highest BCUT2D eigenvalue weighted by molar-refractivity contribution is 7.99. The summed E-state index contributed by atoms with van der Waals surface area (Å²) in [4.78, 5) is 12.2. The van der Waals surface area contributed by atoms with Gasteiger partial charge >= 0.3 is 0 Å². The molecule has 1 aromatic heterocycles. The highest BCUT2D eigenvalue weighted by atomic mass is 32.2. The van der Waals surface area contributed by atoms with Crippen LogP contribution in [0.25, 0.3) is 0 Å². The molecule has 3 rings (SSSR count). The monoisotopic (exact) mass is 372 g/mol. The summed E-state index contributed by atoms with van der Waals surface area (Å²) in [6.45, 7) is 2.12. The summed E-state index contributed by atoms with van der Waals surface area (Å²) in [5, 5.41) is 12.4. The van der Waals surface area contributed by atoms with Crippen molar-refractivity contribution in [1.29, 1.82) is 0 Å². The van der Waals surface area contributed by atoms with Crippen LogP contribution in [0.5, 0.6) is 0 Å². The summed E-state index contributed by atoms with van der Waals surface area (Å²) in [5.41, 5.74) is 2.10. The number of benzene rings is 1. The number of aryl methyl sites for hydroxylation is 1. The number of carbonyl (C=O) groups is 1. The van der Waals surface area contributed by atoms with E-state index in [2.05, 4.69) is 22.4 Å². The average molecular weight is 373 g/mol. The molecule has 2 aromatic rings. The average Bonchev–Trinajstić information content (AvgIpc) is 3.01. The number of nitrogens with zero attached hydrogens (tertiary/aromatic N) is 3. The third-order valence-electron chi connectivity index (χ3n) is 5.10. The Morgan fingerprint density at radius 1 is 1.19 bits per heavy atom. The fourth-order valence-electron chi connectivity index (χ4n) is 3.45. The summed E-state index contributed by atoms with van der Waals surface area (Å²) in [6.07, 6.45) is 8.64. The van der Waals surface area contributed by atoms with E-state index in [9.17, 15) is 4.79 Å². The van der Waals surface area contributed by atoms with Crippen molar-refractivity contribution in [3.05, 3.63) is 35.7 Å². The number of aromatic nitrogens is 3. The quantitative estimate of drug-likeness (QED) is 0.739. The molecule has 1 fully saturated rings. The summed E-state index contributed by atoms with van der Waals surface area (Å²) < 4.78 is 2.04. The van der Waals surface area contributed by atoms with Crippen molar-refractivity contribution in [2.24, 2.45) is 13.0 Å². The molecule has 6 heteroatoms. The van der Waals surface area contributed by atoms with Crippen molar-refractivity contribution in [2.75, 3.05) is 11.1 Å². The summed E-state index contributed by atoms with van der Waals surface area (Å²) in [6, 6.07) is 7.99. The van der Waals surface area contributed by atoms with Crippen LogP contribution in [0.2, 0.25) is 0 Å². The van der Waals surface area contributed by atoms with Gasteiger partial charge in [0.1, 0.15) is 5.82 Å². The van der Waals surface area contributed by atoms with Gasteiger partial charge in [0.25, 0.3) is 0 Å². The second kappa shape index (κ2) is 9.21. The molecule has 0 radical (unpaired) electrons. The van der Waals surface area contributed by atoms with E-state index in [1.54, 1.807) is 0 Å². The third-order valence-corrected chi connectivity index (χ3v) is 6.12. The van der Waals surface area contributed by atoms with Gasteiger partial charge in [-0.1, -0.05) is 62.9 Å². The van der Waals surface area contributed by atoms with Crippen LogP contribution in [0.15, 0.2) is 29.4 Å². The molecule has 1 aromatic carbocycles.